The van der Waals surface area contributed by atoms with Gasteiger partial charge < -0.3 is 10.1 Å². The summed E-state index contributed by atoms with van der Waals surface area (Å²) in [5, 5.41) is 7.66. The Balaban J connectivity index is 1.74. The Bertz CT molecular complexity index is 1120. The molecular formula is C24H21N3O2. The fourth-order valence-corrected chi connectivity index (χ4v) is 3.05. The number of para-hydroxylation sites is 1. The highest BCUT2D eigenvalue weighted by molar-refractivity contribution is 6.08. The molecule has 0 aliphatic carbocycles. The Hall–Kier alpha value is -3.86. The van der Waals surface area contributed by atoms with Gasteiger partial charge in [0.25, 0.3) is 5.91 Å². The molecule has 0 bridgehead atoms. The minimum absolute atomic E-state index is 0.207. The smallest absolute Gasteiger partial charge is 0.259 e. The van der Waals surface area contributed by atoms with Gasteiger partial charge in [-0.2, -0.15) is 5.10 Å². The monoisotopic (exact) mass is 383 g/mol. The molecule has 5 heteroatoms. The van der Waals surface area contributed by atoms with Crippen molar-refractivity contribution in [3.63, 3.8) is 0 Å². The SMILES string of the molecule is COc1ccc(-c2nn(-c3ccccc3)cc2C(=O)Nc2ccc(C)cc2)cc1. The number of amides is 1. The Morgan fingerprint density at radius 1 is 0.931 bits per heavy atom. The zero-order valence-electron chi connectivity index (χ0n) is 16.3. The molecule has 0 saturated heterocycles. The third-order valence-electron chi connectivity index (χ3n) is 4.65. The van der Waals surface area contributed by atoms with E-state index in [9.17, 15) is 4.79 Å². The number of hydrogen-bond acceptors (Lipinski definition) is 3. The number of benzene rings is 3. The van der Waals surface area contributed by atoms with Crippen molar-refractivity contribution in [3.8, 4) is 22.7 Å². The lowest BCUT2D eigenvalue weighted by molar-refractivity contribution is 0.102. The van der Waals surface area contributed by atoms with Crippen molar-refractivity contribution in [1.29, 1.82) is 0 Å². The van der Waals surface area contributed by atoms with Gasteiger partial charge in [0, 0.05) is 17.4 Å². The maximum Gasteiger partial charge on any atom is 0.259 e. The third kappa shape index (κ3) is 4.04. The molecule has 1 heterocycles. The first kappa shape index (κ1) is 18.5. The van der Waals surface area contributed by atoms with E-state index in [1.54, 1.807) is 18.0 Å². The largest absolute Gasteiger partial charge is 0.497 e. The molecule has 0 unspecified atom stereocenters. The van der Waals surface area contributed by atoms with E-state index in [1.807, 2.05) is 85.8 Å². The van der Waals surface area contributed by atoms with E-state index in [-0.39, 0.29) is 5.91 Å². The lowest BCUT2D eigenvalue weighted by Gasteiger charge is -2.06. The Morgan fingerprint density at radius 3 is 2.28 bits per heavy atom. The summed E-state index contributed by atoms with van der Waals surface area (Å²) in [6.45, 7) is 2.01. The molecule has 0 radical (unpaired) electrons. The Morgan fingerprint density at radius 2 is 1.62 bits per heavy atom. The Labute approximate surface area is 169 Å². The molecular weight excluding hydrogens is 362 g/mol. The summed E-state index contributed by atoms with van der Waals surface area (Å²) in [6.07, 6.45) is 1.76. The van der Waals surface area contributed by atoms with E-state index in [1.165, 1.54) is 0 Å². The second-order valence-corrected chi connectivity index (χ2v) is 6.72. The molecule has 1 aromatic heterocycles. The van der Waals surface area contributed by atoms with Gasteiger partial charge in [-0.15, -0.1) is 0 Å². The van der Waals surface area contributed by atoms with E-state index < -0.39 is 0 Å². The van der Waals surface area contributed by atoms with Crippen LogP contribution in [0, 0.1) is 6.92 Å². The van der Waals surface area contributed by atoms with Crippen molar-refractivity contribution in [1.82, 2.24) is 9.78 Å². The molecule has 0 aliphatic heterocycles. The lowest BCUT2D eigenvalue weighted by Crippen LogP contribution is -2.12. The van der Waals surface area contributed by atoms with Crippen LogP contribution < -0.4 is 10.1 Å². The first-order chi connectivity index (χ1) is 14.1. The number of methoxy groups -OCH3 is 1. The normalized spacial score (nSPS) is 10.6. The predicted molar refractivity (Wildman–Crippen MR) is 115 cm³/mol. The van der Waals surface area contributed by atoms with Gasteiger partial charge in [-0.1, -0.05) is 35.9 Å². The minimum atomic E-state index is -0.207. The van der Waals surface area contributed by atoms with Gasteiger partial charge in [-0.3, -0.25) is 4.79 Å². The number of nitrogens with zero attached hydrogens (tertiary/aromatic N) is 2. The van der Waals surface area contributed by atoms with Crippen molar-refractivity contribution < 1.29 is 9.53 Å². The quantitative estimate of drug-likeness (QED) is 0.521. The van der Waals surface area contributed by atoms with Crippen molar-refractivity contribution in [2.45, 2.75) is 6.92 Å². The molecule has 4 rings (SSSR count). The molecule has 0 saturated carbocycles. The third-order valence-corrected chi connectivity index (χ3v) is 4.65. The van der Waals surface area contributed by atoms with Crippen molar-refractivity contribution in [2.24, 2.45) is 0 Å². The van der Waals surface area contributed by atoms with Crippen LogP contribution in [-0.4, -0.2) is 22.8 Å². The number of nitrogens with one attached hydrogen (secondary N) is 1. The van der Waals surface area contributed by atoms with Crippen LogP contribution >= 0.6 is 0 Å². The van der Waals surface area contributed by atoms with E-state index in [2.05, 4.69) is 5.32 Å². The maximum atomic E-state index is 13.1. The van der Waals surface area contributed by atoms with Crippen molar-refractivity contribution in [3.05, 3.63) is 96.2 Å². The predicted octanol–water partition coefficient (Wildman–Crippen LogP) is 5.11. The standard InChI is InChI=1S/C24H21N3O2/c1-17-8-12-19(13-9-17)25-24(28)22-16-27(20-6-4-3-5-7-20)26-23(22)18-10-14-21(29-2)15-11-18/h3-16H,1-2H3,(H,25,28). The van der Waals surface area contributed by atoms with Crippen molar-refractivity contribution >= 4 is 11.6 Å². The van der Waals surface area contributed by atoms with E-state index >= 15 is 0 Å². The number of ether oxygens (including phenoxy) is 1. The highest BCUT2D eigenvalue weighted by Gasteiger charge is 2.19. The van der Waals surface area contributed by atoms with Gasteiger partial charge >= 0.3 is 0 Å². The molecule has 0 spiro atoms. The second-order valence-electron chi connectivity index (χ2n) is 6.72. The fourth-order valence-electron chi connectivity index (χ4n) is 3.05. The topological polar surface area (TPSA) is 56.2 Å². The van der Waals surface area contributed by atoms with Gasteiger partial charge in [-0.25, -0.2) is 4.68 Å². The van der Waals surface area contributed by atoms with Crippen LogP contribution in [0.2, 0.25) is 0 Å². The van der Waals surface area contributed by atoms with Crippen molar-refractivity contribution in [2.75, 3.05) is 12.4 Å². The number of carbonyl (C=O) groups is 1. The zero-order valence-corrected chi connectivity index (χ0v) is 16.3. The molecule has 3 aromatic carbocycles. The molecule has 5 nitrogen and oxygen atoms in total. The number of aromatic nitrogens is 2. The minimum Gasteiger partial charge on any atom is -0.497 e. The van der Waals surface area contributed by atoms with Crippen LogP contribution in [0.1, 0.15) is 15.9 Å². The first-order valence-corrected chi connectivity index (χ1v) is 9.31. The number of anilines is 1. The van der Waals surface area contributed by atoms with E-state index in [0.29, 0.717) is 11.3 Å². The molecule has 0 fully saturated rings. The zero-order chi connectivity index (χ0) is 20.2. The maximum absolute atomic E-state index is 13.1. The average Bonchev–Trinajstić information content (AvgIpc) is 3.22. The van der Waals surface area contributed by atoms with Crippen LogP contribution in [0.15, 0.2) is 85.1 Å². The fraction of sp³-hybridized carbons (Fsp3) is 0.0833. The second kappa shape index (κ2) is 8.02. The number of rotatable bonds is 5. The molecule has 144 valence electrons. The summed E-state index contributed by atoms with van der Waals surface area (Å²) in [4.78, 5) is 13.1. The van der Waals surface area contributed by atoms with E-state index in [0.717, 1.165) is 28.3 Å². The average molecular weight is 383 g/mol. The summed E-state index contributed by atoms with van der Waals surface area (Å²) >= 11 is 0. The lowest BCUT2D eigenvalue weighted by atomic mass is 10.1. The number of carbonyl (C=O) groups excluding carboxylic acids is 1. The number of hydrogen-bond donors (Lipinski definition) is 1. The van der Waals surface area contributed by atoms with Crippen LogP contribution in [0.4, 0.5) is 5.69 Å². The van der Waals surface area contributed by atoms with Gasteiger partial charge in [-0.05, 0) is 55.5 Å². The van der Waals surface area contributed by atoms with Crippen LogP contribution in [-0.2, 0) is 0 Å². The summed E-state index contributed by atoms with van der Waals surface area (Å²) in [5.41, 5.74) is 4.72. The molecule has 29 heavy (non-hydrogen) atoms. The summed E-state index contributed by atoms with van der Waals surface area (Å²) in [6, 6.07) is 25.0. The molecule has 4 aromatic rings. The number of aryl methyl sites for hydroxylation is 1. The molecule has 1 amide bonds. The highest BCUT2D eigenvalue weighted by atomic mass is 16.5. The summed E-state index contributed by atoms with van der Waals surface area (Å²) < 4.78 is 6.97. The van der Waals surface area contributed by atoms with Gasteiger partial charge in [0.1, 0.15) is 11.4 Å². The molecule has 0 atom stereocenters. The van der Waals surface area contributed by atoms with Gasteiger partial charge in [0.15, 0.2) is 0 Å². The Kier molecular flexibility index (Phi) is 5.12. The van der Waals surface area contributed by atoms with Crippen LogP contribution in [0.25, 0.3) is 16.9 Å². The van der Waals surface area contributed by atoms with Gasteiger partial charge in [0.05, 0.1) is 18.4 Å². The molecule has 0 aliphatic rings. The van der Waals surface area contributed by atoms with E-state index in [4.69, 9.17) is 9.84 Å². The summed E-state index contributed by atoms with van der Waals surface area (Å²) in [7, 11) is 1.62. The first-order valence-electron chi connectivity index (χ1n) is 9.31. The molecule has 1 N–H and O–H groups in total. The van der Waals surface area contributed by atoms with Crippen LogP contribution in [0.3, 0.4) is 0 Å². The summed E-state index contributed by atoms with van der Waals surface area (Å²) in [5.74, 6) is 0.545. The van der Waals surface area contributed by atoms with Gasteiger partial charge in [0.2, 0.25) is 0 Å². The highest BCUT2D eigenvalue weighted by Crippen LogP contribution is 2.26. The van der Waals surface area contributed by atoms with Crippen LogP contribution in [0.5, 0.6) is 5.75 Å².